The second kappa shape index (κ2) is 9.13. The van der Waals surface area contributed by atoms with E-state index in [4.69, 9.17) is 9.47 Å². The summed E-state index contributed by atoms with van der Waals surface area (Å²) in [5.41, 5.74) is -1.31. The van der Waals surface area contributed by atoms with E-state index in [1.54, 1.807) is 11.8 Å². The molecule has 9 heteroatoms. The summed E-state index contributed by atoms with van der Waals surface area (Å²) in [6.07, 6.45) is -3.30. The molecule has 2 amide bonds. The van der Waals surface area contributed by atoms with Gasteiger partial charge in [0.15, 0.2) is 0 Å². The second-order valence-corrected chi connectivity index (χ2v) is 7.27. The third-order valence-electron chi connectivity index (χ3n) is 5.25. The van der Waals surface area contributed by atoms with Crippen molar-refractivity contribution in [3.8, 4) is 0 Å². The van der Waals surface area contributed by atoms with Crippen LogP contribution < -0.4 is 0 Å². The highest BCUT2D eigenvalue weighted by Gasteiger charge is 2.37. The van der Waals surface area contributed by atoms with Gasteiger partial charge in [-0.1, -0.05) is 12.1 Å². The summed E-state index contributed by atoms with van der Waals surface area (Å²) in [6, 6.07) is 4.76. The molecular weight excluding hydrogens is 389 g/mol. The van der Waals surface area contributed by atoms with Crippen molar-refractivity contribution in [2.75, 3.05) is 39.4 Å². The number of carbonyl (C=O) groups excluding carboxylic acids is 2. The lowest BCUT2D eigenvalue weighted by atomic mass is 10.1. The predicted octanol–water partition coefficient (Wildman–Crippen LogP) is 2.57. The molecule has 2 heterocycles. The molecule has 2 saturated heterocycles. The summed E-state index contributed by atoms with van der Waals surface area (Å²) >= 11 is 0. The fraction of sp³-hybridized carbons (Fsp3) is 0.600. The van der Waals surface area contributed by atoms with Crippen LogP contribution in [-0.2, 0) is 20.4 Å². The lowest BCUT2D eigenvalue weighted by Gasteiger charge is -2.36. The minimum absolute atomic E-state index is 0.0217. The summed E-state index contributed by atoms with van der Waals surface area (Å²) < 4.78 is 50.6. The van der Waals surface area contributed by atoms with Crippen LogP contribution in [0.1, 0.15) is 35.7 Å². The summed E-state index contributed by atoms with van der Waals surface area (Å²) in [4.78, 5) is 28.1. The largest absolute Gasteiger partial charge is 0.417 e. The van der Waals surface area contributed by atoms with Crippen LogP contribution in [0.5, 0.6) is 0 Å². The van der Waals surface area contributed by atoms with E-state index in [2.05, 4.69) is 0 Å². The van der Waals surface area contributed by atoms with Crippen molar-refractivity contribution in [2.24, 2.45) is 0 Å². The molecule has 160 valence electrons. The zero-order valence-corrected chi connectivity index (χ0v) is 16.3. The molecule has 2 unspecified atom stereocenters. The number of hydrogen-bond acceptors (Lipinski definition) is 4. The fourth-order valence-corrected chi connectivity index (χ4v) is 3.57. The first-order valence-electron chi connectivity index (χ1n) is 9.75. The number of halogens is 3. The molecule has 3 rings (SSSR count). The van der Waals surface area contributed by atoms with Gasteiger partial charge in [-0.2, -0.15) is 13.2 Å². The van der Waals surface area contributed by atoms with E-state index in [1.165, 1.54) is 23.1 Å². The standard InChI is InChI=1S/C20H25F3N2O4/c1-14(29-13-15-5-4-12-28-15)18(26)24-8-10-25(11-9-24)19(27)16-6-2-3-7-17(16)20(21,22)23/h2-3,6-7,14-15H,4-5,8-13H2,1H3. The molecule has 0 spiro atoms. The van der Waals surface area contributed by atoms with Gasteiger partial charge in [-0.15, -0.1) is 0 Å². The molecule has 0 bridgehead atoms. The van der Waals surface area contributed by atoms with Crippen LogP contribution in [0.2, 0.25) is 0 Å². The van der Waals surface area contributed by atoms with Crippen molar-refractivity contribution in [1.29, 1.82) is 0 Å². The molecule has 2 fully saturated rings. The minimum Gasteiger partial charge on any atom is -0.376 e. The van der Waals surface area contributed by atoms with Crippen LogP contribution in [0.25, 0.3) is 0 Å². The molecule has 0 radical (unpaired) electrons. The van der Waals surface area contributed by atoms with E-state index in [0.717, 1.165) is 18.9 Å². The van der Waals surface area contributed by atoms with E-state index >= 15 is 0 Å². The van der Waals surface area contributed by atoms with E-state index in [9.17, 15) is 22.8 Å². The summed E-state index contributed by atoms with van der Waals surface area (Å²) in [7, 11) is 0. The van der Waals surface area contributed by atoms with Gasteiger partial charge >= 0.3 is 6.18 Å². The number of alkyl halides is 3. The quantitative estimate of drug-likeness (QED) is 0.743. The fourth-order valence-electron chi connectivity index (χ4n) is 3.57. The maximum Gasteiger partial charge on any atom is 0.417 e. The number of ether oxygens (including phenoxy) is 2. The summed E-state index contributed by atoms with van der Waals surface area (Å²) in [6.45, 7) is 3.61. The highest BCUT2D eigenvalue weighted by molar-refractivity contribution is 5.96. The Balaban J connectivity index is 1.53. The van der Waals surface area contributed by atoms with Gasteiger partial charge in [0, 0.05) is 32.8 Å². The van der Waals surface area contributed by atoms with Gasteiger partial charge in [0.05, 0.1) is 23.8 Å². The van der Waals surface area contributed by atoms with Crippen molar-refractivity contribution in [2.45, 2.75) is 38.1 Å². The maximum absolute atomic E-state index is 13.2. The Morgan fingerprint density at radius 2 is 1.83 bits per heavy atom. The molecular formula is C20H25F3N2O4. The molecule has 1 aromatic rings. The van der Waals surface area contributed by atoms with Gasteiger partial charge in [-0.05, 0) is 31.9 Å². The van der Waals surface area contributed by atoms with E-state index in [1.807, 2.05) is 0 Å². The average Bonchev–Trinajstić information content (AvgIpc) is 3.24. The average molecular weight is 414 g/mol. The lowest BCUT2D eigenvalue weighted by Crippen LogP contribution is -2.53. The van der Waals surface area contributed by atoms with Gasteiger partial charge in [0.1, 0.15) is 6.10 Å². The molecule has 2 aliphatic heterocycles. The van der Waals surface area contributed by atoms with E-state index < -0.39 is 23.8 Å². The highest BCUT2D eigenvalue weighted by Crippen LogP contribution is 2.32. The number of piperazine rings is 1. The third kappa shape index (κ3) is 5.27. The monoisotopic (exact) mass is 414 g/mol. The SMILES string of the molecule is CC(OCC1CCCO1)C(=O)N1CCN(C(=O)c2ccccc2C(F)(F)F)CC1. The third-order valence-corrected chi connectivity index (χ3v) is 5.25. The molecule has 29 heavy (non-hydrogen) atoms. The number of hydrogen-bond donors (Lipinski definition) is 0. The van der Waals surface area contributed by atoms with Crippen molar-refractivity contribution < 1.29 is 32.2 Å². The van der Waals surface area contributed by atoms with Crippen LogP contribution in [0, 0.1) is 0 Å². The topological polar surface area (TPSA) is 59.1 Å². The first-order chi connectivity index (χ1) is 13.8. The second-order valence-electron chi connectivity index (χ2n) is 7.27. The Labute approximate surface area is 167 Å². The Bertz CT molecular complexity index is 727. The maximum atomic E-state index is 13.2. The Hall–Kier alpha value is -2.13. The Kier molecular flexibility index (Phi) is 6.79. The van der Waals surface area contributed by atoms with Crippen molar-refractivity contribution in [3.63, 3.8) is 0 Å². The van der Waals surface area contributed by atoms with Crippen LogP contribution in [0.15, 0.2) is 24.3 Å². The number of carbonyl (C=O) groups is 2. The number of benzene rings is 1. The van der Waals surface area contributed by atoms with Gasteiger partial charge in [-0.3, -0.25) is 9.59 Å². The van der Waals surface area contributed by atoms with Crippen LogP contribution >= 0.6 is 0 Å². The number of amides is 2. The predicted molar refractivity (Wildman–Crippen MR) is 98.3 cm³/mol. The lowest BCUT2D eigenvalue weighted by molar-refractivity contribution is -0.146. The van der Waals surface area contributed by atoms with E-state index in [0.29, 0.717) is 13.2 Å². The first kappa shape index (κ1) is 21.6. The van der Waals surface area contributed by atoms with Crippen LogP contribution in [0.3, 0.4) is 0 Å². The summed E-state index contributed by atoms with van der Waals surface area (Å²) in [5.74, 6) is -0.863. The molecule has 0 N–H and O–H groups in total. The first-order valence-corrected chi connectivity index (χ1v) is 9.75. The highest BCUT2D eigenvalue weighted by atomic mass is 19.4. The smallest absolute Gasteiger partial charge is 0.376 e. The van der Waals surface area contributed by atoms with Crippen molar-refractivity contribution in [1.82, 2.24) is 9.80 Å². The Morgan fingerprint density at radius 1 is 1.17 bits per heavy atom. The molecule has 0 aliphatic carbocycles. The molecule has 6 nitrogen and oxygen atoms in total. The molecule has 0 aromatic heterocycles. The van der Waals surface area contributed by atoms with Gasteiger partial charge < -0.3 is 19.3 Å². The van der Waals surface area contributed by atoms with Crippen LogP contribution in [0.4, 0.5) is 13.2 Å². The number of nitrogens with zero attached hydrogens (tertiary/aromatic N) is 2. The van der Waals surface area contributed by atoms with Crippen molar-refractivity contribution in [3.05, 3.63) is 35.4 Å². The van der Waals surface area contributed by atoms with Gasteiger partial charge in [0.25, 0.3) is 11.8 Å². The Morgan fingerprint density at radius 3 is 2.45 bits per heavy atom. The van der Waals surface area contributed by atoms with Gasteiger partial charge in [-0.25, -0.2) is 0 Å². The molecule has 0 saturated carbocycles. The minimum atomic E-state index is -4.60. The van der Waals surface area contributed by atoms with Crippen molar-refractivity contribution >= 4 is 11.8 Å². The molecule has 2 atom stereocenters. The normalized spacial score (nSPS) is 21.3. The van der Waals surface area contributed by atoms with E-state index in [-0.39, 0.29) is 43.8 Å². The van der Waals surface area contributed by atoms with Gasteiger partial charge in [0.2, 0.25) is 0 Å². The summed E-state index contributed by atoms with van der Waals surface area (Å²) in [5, 5.41) is 0. The zero-order chi connectivity index (χ0) is 21.0. The molecule has 2 aliphatic rings. The molecule has 1 aromatic carbocycles. The van der Waals surface area contributed by atoms with Crippen LogP contribution in [-0.4, -0.2) is 73.2 Å². The number of rotatable bonds is 5. The zero-order valence-electron chi connectivity index (χ0n) is 16.3.